The normalized spacial score (nSPS) is 12.4. The Morgan fingerprint density at radius 1 is 0.490 bits per heavy atom. The minimum absolute atomic E-state index is 0.349. The number of nitrogens with zero attached hydrogens (tertiary/aromatic N) is 3. The Kier molecular flexibility index (Phi) is 6.98. The SMILES string of the molecule is [C-]#[N+]c1ccc(-c2ccc3c4ccccc4n(-c4cccc5c4C(=O)N(c4ccc(-c6ccccc6)cc4-c4ccccc4)C5=O)c3c2)c(C)c1. The predicted octanol–water partition coefficient (Wildman–Crippen LogP) is 11.4. The Bertz CT molecular complexity index is 2760. The second kappa shape index (κ2) is 11.8. The van der Waals surface area contributed by atoms with Crippen molar-refractivity contribution in [3.63, 3.8) is 0 Å². The summed E-state index contributed by atoms with van der Waals surface area (Å²) in [7, 11) is 0. The summed E-state index contributed by atoms with van der Waals surface area (Å²) < 4.78 is 2.11. The first-order chi connectivity index (χ1) is 25.0. The zero-order valence-corrected chi connectivity index (χ0v) is 27.7. The summed E-state index contributed by atoms with van der Waals surface area (Å²) in [5, 5.41) is 2.09. The van der Waals surface area contributed by atoms with Crippen molar-refractivity contribution in [2.45, 2.75) is 6.92 Å². The summed E-state index contributed by atoms with van der Waals surface area (Å²) in [6.07, 6.45) is 0. The minimum Gasteiger partial charge on any atom is -0.308 e. The van der Waals surface area contributed by atoms with Crippen LogP contribution in [0.15, 0.2) is 158 Å². The van der Waals surface area contributed by atoms with Crippen LogP contribution >= 0.6 is 0 Å². The monoisotopic (exact) mass is 655 g/mol. The molecule has 1 aliphatic rings. The molecule has 51 heavy (non-hydrogen) atoms. The zero-order valence-electron chi connectivity index (χ0n) is 27.7. The van der Waals surface area contributed by atoms with Crippen molar-refractivity contribution in [3.05, 3.63) is 186 Å². The van der Waals surface area contributed by atoms with Gasteiger partial charge in [-0.15, -0.1) is 0 Å². The topological polar surface area (TPSA) is 46.7 Å². The summed E-state index contributed by atoms with van der Waals surface area (Å²) in [6, 6.07) is 51.7. The van der Waals surface area contributed by atoms with Gasteiger partial charge in [-0.3, -0.25) is 9.59 Å². The van der Waals surface area contributed by atoms with Gasteiger partial charge in [-0.25, -0.2) is 9.74 Å². The lowest BCUT2D eigenvalue weighted by molar-refractivity contribution is 0.0926. The van der Waals surface area contributed by atoms with E-state index in [2.05, 4.69) is 57.9 Å². The summed E-state index contributed by atoms with van der Waals surface area (Å²) in [4.78, 5) is 34.1. The Morgan fingerprint density at radius 3 is 1.96 bits per heavy atom. The number of imide groups is 1. The molecule has 5 nitrogen and oxygen atoms in total. The van der Waals surface area contributed by atoms with Crippen molar-refractivity contribution in [1.29, 1.82) is 0 Å². The van der Waals surface area contributed by atoms with Crippen LogP contribution in [0.3, 0.4) is 0 Å². The smallest absolute Gasteiger partial charge is 0.268 e. The van der Waals surface area contributed by atoms with E-state index in [0.717, 1.165) is 60.8 Å². The number of aryl methyl sites for hydroxylation is 1. The quantitative estimate of drug-likeness (QED) is 0.137. The van der Waals surface area contributed by atoms with Crippen LogP contribution in [0.25, 0.3) is 65.7 Å². The lowest BCUT2D eigenvalue weighted by atomic mass is 9.97. The first kappa shape index (κ1) is 30.1. The number of para-hydroxylation sites is 1. The Balaban J connectivity index is 1.23. The van der Waals surface area contributed by atoms with E-state index < -0.39 is 0 Å². The highest BCUT2D eigenvalue weighted by molar-refractivity contribution is 6.36. The number of carbonyl (C=O) groups excluding carboxylic acids is 2. The molecule has 0 bridgehead atoms. The predicted molar refractivity (Wildman–Crippen MR) is 206 cm³/mol. The first-order valence-corrected chi connectivity index (χ1v) is 16.8. The van der Waals surface area contributed by atoms with E-state index in [-0.39, 0.29) is 11.8 Å². The summed E-state index contributed by atoms with van der Waals surface area (Å²) >= 11 is 0. The summed E-state index contributed by atoms with van der Waals surface area (Å²) in [5.74, 6) is -0.707. The van der Waals surface area contributed by atoms with Gasteiger partial charge in [0.25, 0.3) is 11.8 Å². The molecule has 0 saturated heterocycles. The highest BCUT2D eigenvalue weighted by Crippen LogP contribution is 2.42. The lowest BCUT2D eigenvalue weighted by Crippen LogP contribution is -2.30. The number of anilines is 1. The van der Waals surface area contributed by atoms with Crippen molar-refractivity contribution in [2.24, 2.45) is 0 Å². The van der Waals surface area contributed by atoms with Crippen molar-refractivity contribution in [3.8, 4) is 39.1 Å². The molecule has 2 amide bonds. The highest BCUT2D eigenvalue weighted by atomic mass is 16.2. The number of amides is 2. The van der Waals surface area contributed by atoms with Crippen molar-refractivity contribution in [2.75, 3.05) is 4.90 Å². The van der Waals surface area contributed by atoms with Crippen LogP contribution < -0.4 is 4.90 Å². The fourth-order valence-electron chi connectivity index (χ4n) is 7.50. The average Bonchev–Trinajstić information content (AvgIpc) is 3.65. The average molecular weight is 656 g/mol. The molecule has 0 unspecified atom stereocenters. The van der Waals surface area contributed by atoms with Crippen molar-refractivity contribution < 1.29 is 9.59 Å². The van der Waals surface area contributed by atoms with E-state index in [1.54, 1.807) is 6.07 Å². The van der Waals surface area contributed by atoms with Gasteiger partial charge in [-0.1, -0.05) is 127 Å². The number of carbonyl (C=O) groups is 2. The van der Waals surface area contributed by atoms with Crippen LogP contribution in [0.1, 0.15) is 26.3 Å². The van der Waals surface area contributed by atoms with Crippen molar-refractivity contribution in [1.82, 2.24) is 4.57 Å². The second-order valence-electron chi connectivity index (χ2n) is 12.8. The Morgan fingerprint density at radius 2 is 1.20 bits per heavy atom. The van der Waals surface area contributed by atoms with Gasteiger partial charge in [0.1, 0.15) is 0 Å². The molecule has 0 N–H and O–H groups in total. The number of rotatable bonds is 5. The van der Waals surface area contributed by atoms with Crippen LogP contribution in [0, 0.1) is 13.5 Å². The van der Waals surface area contributed by atoms with Gasteiger partial charge >= 0.3 is 0 Å². The molecule has 8 aromatic rings. The Labute approximate surface area is 295 Å². The van der Waals surface area contributed by atoms with Gasteiger partial charge in [0.15, 0.2) is 5.69 Å². The zero-order chi connectivity index (χ0) is 34.6. The molecule has 1 aliphatic heterocycles. The third kappa shape index (κ3) is 4.77. The molecule has 9 rings (SSSR count). The van der Waals surface area contributed by atoms with E-state index in [9.17, 15) is 9.59 Å². The summed E-state index contributed by atoms with van der Waals surface area (Å²) in [5.41, 5.74) is 11.2. The maximum Gasteiger partial charge on any atom is 0.268 e. The largest absolute Gasteiger partial charge is 0.308 e. The van der Waals surface area contributed by atoms with E-state index in [1.165, 1.54) is 4.90 Å². The van der Waals surface area contributed by atoms with Gasteiger partial charge in [-0.2, -0.15) is 0 Å². The molecule has 0 saturated carbocycles. The molecular formula is C46H29N3O2. The molecule has 5 heteroatoms. The van der Waals surface area contributed by atoms with Crippen LogP contribution in [0.2, 0.25) is 0 Å². The molecule has 0 radical (unpaired) electrons. The Hall–Kier alpha value is -7.03. The third-order valence-corrected chi connectivity index (χ3v) is 9.89. The number of benzene rings is 7. The van der Waals surface area contributed by atoms with E-state index in [4.69, 9.17) is 6.57 Å². The number of hydrogen-bond donors (Lipinski definition) is 0. The van der Waals surface area contributed by atoms with E-state index in [1.807, 2.05) is 110 Å². The number of fused-ring (bicyclic) bond motifs is 4. The molecule has 2 heterocycles. The number of aromatic nitrogens is 1. The van der Waals surface area contributed by atoms with Crippen LogP contribution in [0.4, 0.5) is 11.4 Å². The molecule has 0 fully saturated rings. The van der Waals surface area contributed by atoms with Crippen LogP contribution in [-0.2, 0) is 0 Å². The number of hydrogen-bond acceptors (Lipinski definition) is 2. The fourth-order valence-corrected chi connectivity index (χ4v) is 7.50. The van der Waals surface area contributed by atoms with Crippen LogP contribution in [0.5, 0.6) is 0 Å². The van der Waals surface area contributed by atoms with Crippen molar-refractivity contribution >= 4 is 45.0 Å². The third-order valence-electron chi connectivity index (χ3n) is 9.89. The molecular weight excluding hydrogens is 627 g/mol. The van der Waals surface area contributed by atoms with Gasteiger partial charge in [0.05, 0.1) is 40.1 Å². The van der Waals surface area contributed by atoms with Gasteiger partial charge < -0.3 is 4.57 Å². The molecule has 0 atom stereocenters. The van der Waals surface area contributed by atoms with E-state index >= 15 is 0 Å². The fraction of sp³-hybridized carbons (Fsp3) is 0.0217. The summed E-state index contributed by atoms with van der Waals surface area (Å²) in [6.45, 7) is 9.45. The van der Waals surface area contributed by atoms with E-state index in [0.29, 0.717) is 28.2 Å². The maximum atomic E-state index is 14.8. The molecule has 240 valence electrons. The first-order valence-electron chi connectivity index (χ1n) is 16.8. The highest BCUT2D eigenvalue weighted by Gasteiger charge is 2.40. The molecule has 0 aliphatic carbocycles. The van der Waals surface area contributed by atoms with Gasteiger partial charge in [-0.05, 0) is 71.1 Å². The van der Waals surface area contributed by atoms with Crippen LogP contribution in [-0.4, -0.2) is 16.4 Å². The molecule has 0 spiro atoms. The molecule has 7 aromatic carbocycles. The standard InChI is InChI=1S/C46H29N3O2/c1-29-26-34(47-2)22-24-35(29)33-20-23-37-36-16-9-10-18-40(36)48(43(37)28-33)42-19-11-17-38-44(42)46(51)49(45(38)50)41-25-21-32(30-12-5-3-6-13-30)27-39(41)31-14-7-4-8-15-31/h3-28H,1H3. The maximum absolute atomic E-state index is 14.8. The lowest BCUT2D eigenvalue weighted by Gasteiger charge is -2.20. The second-order valence-corrected chi connectivity index (χ2v) is 12.8. The minimum atomic E-state index is -0.358. The van der Waals surface area contributed by atoms with Gasteiger partial charge in [0, 0.05) is 16.3 Å². The molecule has 1 aromatic heterocycles. The van der Waals surface area contributed by atoms with Gasteiger partial charge in [0.2, 0.25) is 0 Å².